The van der Waals surface area contributed by atoms with Gasteiger partial charge in [-0.15, -0.1) is 0 Å². The van der Waals surface area contributed by atoms with Gasteiger partial charge >= 0.3 is 0 Å². The van der Waals surface area contributed by atoms with Crippen molar-refractivity contribution in [2.45, 2.75) is 33.1 Å². The number of rotatable bonds is 1. The van der Waals surface area contributed by atoms with Crippen LogP contribution in [0.1, 0.15) is 33.1 Å². The van der Waals surface area contributed by atoms with Crippen molar-refractivity contribution in [3.05, 3.63) is 0 Å². The number of hydrogen-bond donors (Lipinski definition) is 0. The molecule has 0 N–H and O–H groups in total. The Morgan fingerprint density at radius 1 is 1.25 bits per heavy atom. The van der Waals surface area contributed by atoms with E-state index in [1.807, 2.05) is 0 Å². The van der Waals surface area contributed by atoms with Gasteiger partial charge < -0.3 is 4.90 Å². The van der Waals surface area contributed by atoms with E-state index in [0.717, 1.165) is 17.8 Å². The lowest BCUT2D eigenvalue weighted by molar-refractivity contribution is 0.0929. The van der Waals surface area contributed by atoms with Crippen LogP contribution in [0.3, 0.4) is 0 Å². The normalized spacial score (nSPS) is 43.0. The number of nitrogens with zero attached hydrogens (tertiary/aromatic N) is 1. The average molecular weight is 167 g/mol. The second-order valence-corrected chi connectivity index (χ2v) is 4.68. The molecule has 0 spiro atoms. The Morgan fingerprint density at radius 2 is 2.08 bits per heavy atom. The highest BCUT2D eigenvalue weighted by Gasteiger charge is 2.36. The molecule has 1 saturated heterocycles. The first-order valence-electron chi connectivity index (χ1n) is 5.53. The van der Waals surface area contributed by atoms with Crippen molar-refractivity contribution in [1.82, 2.24) is 4.90 Å². The molecule has 1 aliphatic carbocycles. The van der Waals surface area contributed by atoms with E-state index in [2.05, 4.69) is 18.7 Å². The first kappa shape index (κ1) is 8.55. The van der Waals surface area contributed by atoms with Crippen LogP contribution in [-0.2, 0) is 0 Å². The van der Waals surface area contributed by atoms with Crippen LogP contribution >= 0.6 is 0 Å². The molecule has 3 unspecified atom stereocenters. The lowest BCUT2D eigenvalue weighted by atomic mass is 9.81. The molecular weight excluding hydrogens is 146 g/mol. The molecule has 1 saturated carbocycles. The summed E-state index contributed by atoms with van der Waals surface area (Å²) < 4.78 is 0. The van der Waals surface area contributed by atoms with Crippen molar-refractivity contribution >= 4 is 0 Å². The maximum atomic E-state index is 2.64. The largest absolute Gasteiger partial charge is 0.303 e. The molecule has 0 radical (unpaired) electrons. The van der Waals surface area contributed by atoms with Crippen LogP contribution in [0, 0.1) is 17.8 Å². The molecule has 0 bridgehead atoms. The minimum atomic E-state index is 0.964. The van der Waals surface area contributed by atoms with Gasteiger partial charge in [0.15, 0.2) is 0 Å². The van der Waals surface area contributed by atoms with Crippen LogP contribution in [0.25, 0.3) is 0 Å². The minimum Gasteiger partial charge on any atom is -0.303 e. The summed E-state index contributed by atoms with van der Waals surface area (Å²) in [4.78, 5) is 2.64. The van der Waals surface area contributed by atoms with E-state index in [1.54, 1.807) is 0 Å². The van der Waals surface area contributed by atoms with Crippen molar-refractivity contribution in [3.8, 4) is 0 Å². The third kappa shape index (κ3) is 1.39. The molecule has 0 aromatic rings. The van der Waals surface area contributed by atoms with Crippen molar-refractivity contribution in [2.75, 3.05) is 19.6 Å². The predicted molar refractivity (Wildman–Crippen MR) is 52.1 cm³/mol. The van der Waals surface area contributed by atoms with E-state index in [4.69, 9.17) is 0 Å². The van der Waals surface area contributed by atoms with Gasteiger partial charge in [0.2, 0.25) is 0 Å². The summed E-state index contributed by atoms with van der Waals surface area (Å²) in [7, 11) is 0. The van der Waals surface area contributed by atoms with Crippen LogP contribution in [0.5, 0.6) is 0 Å². The average Bonchev–Trinajstić information content (AvgIpc) is 2.52. The van der Waals surface area contributed by atoms with Gasteiger partial charge in [-0.1, -0.05) is 20.3 Å². The summed E-state index contributed by atoms with van der Waals surface area (Å²) >= 11 is 0. The highest BCUT2D eigenvalue weighted by Crippen LogP contribution is 2.40. The second-order valence-electron chi connectivity index (χ2n) is 4.68. The second kappa shape index (κ2) is 3.37. The minimum absolute atomic E-state index is 0.964. The summed E-state index contributed by atoms with van der Waals surface area (Å²) in [6.45, 7) is 8.75. The molecule has 3 atom stereocenters. The highest BCUT2D eigenvalue weighted by atomic mass is 15.1. The number of likely N-dealkylation sites (tertiary alicyclic amines) is 1. The monoisotopic (exact) mass is 167 g/mol. The quantitative estimate of drug-likeness (QED) is 0.579. The predicted octanol–water partition coefficient (Wildman–Crippen LogP) is 2.37. The molecule has 2 fully saturated rings. The van der Waals surface area contributed by atoms with Crippen molar-refractivity contribution in [3.63, 3.8) is 0 Å². The van der Waals surface area contributed by atoms with Crippen molar-refractivity contribution in [2.24, 2.45) is 17.8 Å². The molecule has 0 amide bonds. The molecule has 1 heterocycles. The zero-order chi connectivity index (χ0) is 8.55. The first-order chi connectivity index (χ1) is 5.81. The van der Waals surface area contributed by atoms with Gasteiger partial charge in [-0.25, -0.2) is 0 Å². The molecule has 0 aromatic carbocycles. The fraction of sp³-hybridized carbons (Fsp3) is 1.00. The summed E-state index contributed by atoms with van der Waals surface area (Å²) in [5.74, 6) is 3.09. The fourth-order valence-electron chi connectivity index (χ4n) is 3.25. The third-order valence-electron chi connectivity index (χ3n) is 3.93. The molecule has 12 heavy (non-hydrogen) atoms. The zero-order valence-electron chi connectivity index (χ0n) is 8.42. The Bertz CT molecular complexity index is 155. The highest BCUT2D eigenvalue weighted by molar-refractivity contribution is 4.88. The van der Waals surface area contributed by atoms with E-state index >= 15 is 0 Å². The molecular formula is C11H21N. The van der Waals surface area contributed by atoms with E-state index < -0.39 is 0 Å². The molecule has 2 aliphatic rings. The van der Waals surface area contributed by atoms with Gasteiger partial charge in [0, 0.05) is 13.1 Å². The van der Waals surface area contributed by atoms with Gasteiger partial charge in [0.1, 0.15) is 0 Å². The van der Waals surface area contributed by atoms with E-state index in [1.165, 1.54) is 38.9 Å². The van der Waals surface area contributed by atoms with E-state index in [0.29, 0.717) is 0 Å². The van der Waals surface area contributed by atoms with E-state index in [-0.39, 0.29) is 0 Å². The lowest BCUT2D eigenvalue weighted by Crippen LogP contribution is -2.43. The van der Waals surface area contributed by atoms with Crippen LogP contribution < -0.4 is 0 Å². The Balaban J connectivity index is 2.00. The van der Waals surface area contributed by atoms with Gasteiger partial charge in [-0.2, -0.15) is 0 Å². The molecule has 70 valence electrons. The van der Waals surface area contributed by atoms with Gasteiger partial charge in [0.25, 0.3) is 0 Å². The Hall–Kier alpha value is -0.0400. The molecule has 2 rings (SSSR count). The summed E-state index contributed by atoms with van der Waals surface area (Å²) in [5, 5.41) is 0. The standard InChI is InChI=1S/C11H21N/c1-3-12-7-9(2)11-6-4-5-10(11)8-12/h9-11H,3-8H2,1-2H3. The maximum Gasteiger partial charge on any atom is 0.00124 e. The molecule has 1 heteroatoms. The van der Waals surface area contributed by atoms with Crippen molar-refractivity contribution in [1.29, 1.82) is 0 Å². The van der Waals surface area contributed by atoms with Crippen LogP contribution in [0.2, 0.25) is 0 Å². The number of fused-ring (bicyclic) bond motifs is 1. The first-order valence-corrected chi connectivity index (χ1v) is 5.53. The Labute approximate surface area is 76.1 Å². The van der Waals surface area contributed by atoms with Crippen molar-refractivity contribution < 1.29 is 0 Å². The smallest absolute Gasteiger partial charge is 0.00124 e. The van der Waals surface area contributed by atoms with Gasteiger partial charge in [-0.3, -0.25) is 0 Å². The zero-order valence-corrected chi connectivity index (χ0v) is 8.42. The van der Waals surface area contributed by atoms with E-state index in [9.17, 15) is 0 Å². The lowest BCUT2D eigenvalue weighted by Gasteiger charge is -2.39. The molecule has 0 aromatic heterocycles. The summed E-state index contributed by atoms with van der Waals surface area (Å²) in [6, 6.07) is 0. The van der Waals surface area contributed by atoms with Gasteiger partial charge in [0.05, 0.1) is 0 Å². The Morgan fingerprint density at radius 3 is 2.83 bits per heavy atom. The number of piperidine rings is 1. The Kier molecular flexibility index (Phi) is 2.40. The van der Waals surface area contributed by atoms with Crippen LogP contribution in [-0.4, -0.2) is 24.5 Å². The summed E-state index contributed by atoms with van der Waals surface area (Å²) in [5.41, 5.74) is 0. The van der Waals surface area contributed by atoms with Crippen LogP contribution in [0.4, 0.5) is 0 Å². The third-order valence-corrected chi connectivity index (χ3v) is 3.93. The molecule has 1 aliphatic heterocycles. The maximum absolute atomic E-state index is 2.64. The number of hydrogen-bond acceptors (Lipinski definition) is 1. The fourth-order valence-corrected chi connectivity index (χ4v) is 3.25. The van der Waals surface area contributed by atoms with Gasteiger partial charge in [-0.05, 0) is 37.1 Å². The molecule has 1 nitrogen and oxygen atoms in total. The topological polar surface area (TPSA) is 3.24 Å². The van der Waals surface area contributed by atoms with Crippen LogP contribution in [0.15, 0.2) is 0 Å². The SMILES string of the molecule is CCN1CC(C)C2CCCC2C1. The summed E-state index contributed by atoms with van der Waals surface area (Å²) in [6.07, 6.45) is 4.52.